The van der Waals surface area contributed by atoms with Gasteiger partial charge in [0.25, 0.3) is 5.69 Å². The number of nitro groups is 1. The highest BCUT2D eigenvalue weighted by atomic mass is 16.6. The molecule has 0 radical (unpaired) electrons. The van der Waals surface area contributed by atoms with E-state index in [0.29, 0.717) is 12.0 Å². The SMILES string of the molecule is Cc1ccc(N2C(=O)[C@H]3[C@H](C)C=CC[C@@H]3C2=O)cc1[N+](=O)[O-]. The van der Waals surface area contributed by atoms with Crippen molar-refractivity contribution >= 4 is 23.2 Å². The van der Waals surface area contributed by atoms with Crippen LogP contribution in [0.4, 0.5) is 11.4 Å². The Bertz CT molecular complexity index is 710. The summed E-state index contributed by atoms with van der Waals surface area (Å²) in [6.45, 7) is 3.54. The highest BCUT2D eigenvalue weighted by molar-refractivity contribution is 6.22. The molecule has 2 amide bonds. The first-order valence-electron chi connectivity index (χ1n) is 7.21. The number of carbonyl (C=O) groups is 2. The number of allylic oxidation sites excluding steroid dienone is 2. The van der Waals surface area contributed by atoms with Gasteiger partial charge in [-0.25, -0.2) is 4.90 Å². The second kappa shape index (κ2) is 5.05. The van der Waals surface area contributed by atoms with Crippen LogP contribution in [0.2, 0.25) is 0 Å². The number of hydrogen-bond donors (Lipinski definition) is 0. The molecule has 1 heterocycles. The summed E-state index contributed by atoms with van der Waals surface area (Å²) in [5.74, 6) is -1.24. The maximum atomic E-state index is 12.6. The van der Waals surface area contributed by atoms with Crippen molar-refractivity contribution in [3.63, 3.8) is 0 Å². The molecule has 3 atom stereocenters. The average molecular weight is 300 g/mol. The number of nitro benzene ring substituents is 1. The highest BCUT2D eigenvalue weighted by Crippen LogP contribution is 2.41. The molecule has 2 aliphatic rings. The van der Waals surface area contributed by atoms with Gasteiger partial charge >= 0.3 is 0 Å². The van der Waals surface area contributed by atoms with Gasteiger partial charge in [-0.1, -0.05) is 25.1 Å². The van der Waals surface area contributed by atoms with Crippen LogP contribution >= 0.6 is 0 Å². The van der Waals surface area contributed by atoms with Crippen LogP contribution in [0.3, 0.4) is 0 Å². The molecule has 3 rings (SSSR count). The number of aryl methyl sites for hydroxylation is 1. The van der Waals surface area contributed by atoms with E-state index in [0.717, 1.165) is 4.90 Å². The van der Waals surface area contributed by atoms with Crippen LogP contribution in [0.15, 0.2) is 30.4 Å². The number of rotatable bonds is 2. The van der Waals surface area contributed by atoms with Gasteiger partial charge in [-0.05, 0) is 25.3 Å². The number of hydrogen-bond acceptors (Lipinski definition) is 4. The number of carbonyl (C=O) groups excluding carboxylic acids is 2. The third-order valence-electron chi connectivity index (χ3n) is 4.52. The minimum absolute atomic E-state index is 0.000587. The monoisotopic (exact) mass is 300 g/mol. The van der Waals surface area contributed by atoms with Gasteiger partial charge in [0, 0.05) is 11.6 Å². The minimum Gasteiger partial charge on any atom is -0.274 e. The average Bonchev–Trinajstić information content (AvgIpc) is 2.73. The summed E-state index contributed by atoms with van der Waals surface area (Å²) in [5, 5.41) is 11.1. The topological polar surface area (TPSA) is 80.5 Å². The predicted octanol–water partition coefficient (Wildman–Crippen LogP) is 2.60. The van der Waals surface area contributed by atoms with Crippen LogP contribution in [0.1, 0.15) is 18.9 Å². The Morgan fingerprint density at radius 2 is 2.00 bits per heavy atom. The van der Waals surface area contributed by atoms with Crippen molar-refractivity contribution in [1.82, 2.24) is 0 Å². The molecule has 0 aromatic heterocycles. The number of anilines is 1. The quantitative estimate of drug-likeness (QED) is 0.364. The maximum absolute atomic E-state index is 12.6. The van der Waals surface area contributed by atoms with Crippen LogP contribution in [0.5, 0.6) is 0 Å². The van der Waals surface area contributed by atoms with Gasteiger partial charge in [0.05, 0.1) is 22.4 Å². The smallest absolute Gasteiger partial charge is 0.274 e. The molecule has 0 spiro atoms. The third-order valence-corrected chi connectivity index (χ3v) is 4.52. The van der Waals surface area contributed by atoms with Crippen LogP contribution in [0.25, 0.3) is 0 Å². The molecule has 22 heavy (non-hydrogen) atoms. The molecular weight excluding hydrogens is 284 g/mol. The molecule has 1 aliphatic heterocycles. The van der Waals surface area contributed by atoms with Crippen LogP contribution in [-0.2, 0) is 9.59 Å². The third kappa shape index (κ3) is 2.03. The van der Waals surface area contributed by atoms with Crippen molar-refractivity contribution in [2.75, 3.05) is 4.90 Å². The number of nitrogens with zero attached hydrogens (tertiary/aromatic N) is 2. The molecular formula is C16H16N2O4. The molecule has 1 aromatic carbocycles. The lowest BCUT2D eigenvalue weighted by atomic mass is 9.78. The first kappa shape index (κ1) is 14.4. The zero-order chi connectivity index (χ0) is 16.0. The van der Waals surface area contributed by atoms with Crippen LogP contribution < -0.4 is 4.90 Å². The predicted molar refractivity (Wildman–Crippen MR) is 80.2 cm³/mol. The van der Waals surface area contributed by atoms with Crippen molar-refractivity contribution in [1.29, 1.82) is 0 Å². The van der Waals surface area contributed by atoms with Crippen molar-refractivity contribution in [2.45, 2.75) is 20.3 Å². The largest absolute Gasteiger partial charge is 0.274 e. The Morgan fingerprint density at radius 3 is 2.64 bits per heavy atom. The van der Waals surface area contributed by atoms with Crippen molar-refractivity contribution in [3.05, 3.63) is 46.0 Å². The molecule has 0 unspecified atom stereocenters. The van der Waals surface area contributed by atoms with Gasteiger partial charge < -0.3 is 0 Å². The molecule has 114 valence electrons. The molecule has 6 nitrogen and oxygen atoms in total. The Hall–Kier alpha value is -2.50. The lowest BCUT2D eigenvalue weighted by Crippen LogP contribution is -2.31. The van der Waals surface area contributed by atoms with Gasteiger partial charge in [-0.3, -0.25) is 19.7 Å². The fraction of sp³-hybridized carbons (Fsp3) is 0.375. The van der Waals surface area contributed by atoms with Crippen molar-refractivity contribution in [2.24, 2.45) is 17.8 Å². The highest BCUT2D eigenvalue weighted by Gasteiger charge is 2.50. The number of benzene rings is 1. The number of amides is 2. The summed E-state index contributed by atoms with van der Waals surface area (Å²) in [6.07, 6.45) is 4.43. The van der Waals surface area contributed by atoms with Gasteiger partial charge in [0.1, 0.15) is 0 Å². The Kier molecular flexibility index (Phi) is 3.31. The summed E-state index contributed by atoms with van der Waals surface area (Å²) in [4.78, 5) is 36.9. The van der Waals surface area contributed by atoms with Gasteiger partial charge in [-0.2, -0.15) is 0 Å². The standard InChI is InChI=1S/C16H16N2O4/c1-9-6-7-11(8-13(9)18(21)22)17-15(19)12-5-3-4-10(2)14(12)16(17)20/h3-4,6-8,10,12,14H,5H2,1-2H3/t10-,12+,14+/m1/s1. The molecule has 1 aromatic rings. The fourth-order valence-corrected chi connectivity index (χ4v) is 3.34. The normalized spacial score (nSPS) is 27.2. The van der Waals surface area contributed by atoms with E-state index in [9.17, 15) is 19.7 Å². The molecule has 1 saturated heterocycles. The summed E-state index contributed by atoms with van der Waals surface area (Å²) in [5.41, 5.74) is 0.702. The maximum Gasteiger partial charge on any atom is 0.274 e. The van der Waals surface area contributed by atoms with Crippen LogP contribution in [0, 0.1) is 34.8 Å². The van der Waals surface area contributed by atoms with Gasteiger partial charge in [0.2, 0.25) is 11.8 Å². The molecule has 1 fully saturated rings. The van der Waals surface area contributed by atoms with E-state index in [1.54, 1.807) is 19.1 Å². The summed E-state index contributed by atoms with van der Waals surface area (Å²) in [6, 6.07) is 4.46. The van der Waals surface area contributed by atoms with E-state index in [-0.39, 0.29) is 40.9 Å². The summed E-state index contributed by atoms with van der Waals surface area (Å²) in [7, 11) is 0. The zero-order valence-electron chi connectivity index (χ0n) is 12.4. The second-order valence-corrected chi connectivity index (χ2v) is 5.90. The van der Waals surface area contributed by atoms with E-state index < -0.39 is 4.92 Å². The molecule has 1 aliphatic carbocycles. The lowest BCUT2D eigenvalue weighted by Gasteiger charge is -2.22. The van der Waals surface area contributed by atoms with Crippen molar-refractivity contribution < 1.29 is 14.5 Å². The molecule has 0 saturated carbocycles. The number of imide groups is 1. The van der Waals surface area contributed by atoms with Gasteiger partial charge in [-0.15, -0.1) is 0 Å². The Labute approximate surface area is 127 Å². The van der Waals surface area contributed by atoms with E-state index >= 15 is 0 Å². The summed E-state index contributed by atoms with van der Waals surface area (Å²) < 4.78 is 0. The fourth-order valence-electron chi connectivity index (χ4n) is 3.34. The van der Waals surface area contributed by atoms with E-state index in [1.165, 1.54) is 6.07 Å². The Morgan fingerprint density at radius 1 is 1.27 bits per heavy atom. The van der Waals surface area contributed by atoms with Crippen LogP contribution in [-0.4, -0.2) is 16.7 Å². The van der Waals surface area contributed by atoms with E-state index in [1.807, 2.05) is 19.1 Å². The molecule has 0 bridgehead atoms. The van der Waals surface area contributed by atoms with E-state index in [2.05, 4.69) is 0 Å². The molecule has 6 heteroatoms. The van der Waals surface area contributed by atoms with E-state index in [4.69, 9.17) is 0 Å². The zero-order valence-corrected chi connectivity index (χ0v) is 12.4. The lowest BCUT2D eigenvalue weighted by molar-refractivity contribution is -0.385. The second-order valence-electron chi connectivity index (χ2n) is 5.90. The van der Waals surface area contributed by atoms with Crippen molar-refractivity contribution in [3.8, 4) is 0 Å². The Balaban J connectivity index is 2.03. The minimum atomic E-state index is -0.499. The first-order valence-corrected chi connectivity index (χ1v) is 7.21. The first-order chi connectivity index (χ1) is 10.4. The summed E-state index contributed by atoms with van der Waals surface area (Å²) >= 11 is 0. The molecule has 0 N–H and O–H groups in total. The number of fused-ring (bicyclic) bond motifs is 1. The van der Waals surface area contributed by atoms with Gasteiger partial charge in [0.15, 0.2) is 0 Å².